The molecule has 0 saturated heterocycles. The molecule has 2 aromatic rings. The van der Waals surface area contributed by atoms with Gasteiger partial charge in [0, 0.05) is 16.1 Å². The number of anilines is 2. The smallest absolute Gasteiger partial charge is 0.274 e. The molecule has 1 N–H and O–H groups in total. The van der Waals surface area contributed by atoms with Crippen molar-refractivity contribution in [3.63, 3.8) is 0 Å². The number of sulfonamides is 1. The molecular formula is C16H15Cl2N3O5S. The molecule has 0 radical (unpaired) electrons. The number of carbonyl (C=O) groups excluding carboxylic acids is 1. The van der Waals surface area contributed by atoms with Gasteiger partial charge in [0.1, 0.15) is 6.54 Å². The van der Waals surface area contributed by atoms with Gasteiger partial charge in [-0.25, -0.2) is 8.42 Å². The number of nitro groups is 1. The van der Waals surface area contributed by atoms with Crippen molar-refractivity contribution in [1.82, 2.24) is 0 Å². The SMILES string of the molecule is Cc1c(NC(=O)CN(c2cc(Cl)cc(Cl)c2)S(C)(=O)=O)cccc1[N+](=O)[O-]. The molecule has 0 fully saturated rings. The first-order valence-electron chi connectivity index (χ1n) is 7.46. The number of rotatable bonds is 6. The molecule has 0 bridgehead atoms. The van der Waals surface area contributed by atoms with Gasteiger partial charge in [0.05, 0.1) is 28.1 Å². The molecule has 0 saturated carbocycles. The zero-order valence-electron chi connectivity index (χ0n) is 14.3. The molecule has 8 nitrogen and oxygen atoms in total. The van der Waals surface area contributed by atoms with E-state index >= 15 is 0 Å². The maximum absolute atomic E-state index is 12.4. The van der Waals surface area contributed by atoms with Crippen LogP contribution in [-0.4, -0.2) is 32.0 Å². The Hall–Kier alpha value is -2.36. The fraction of sp³-hybridized carbons (Fsp3) is 0.188. The summed E-state index contributed by atoms with van der Waals surface area (Å²) in [6.45, 7) is 0.927. The zero-order chi connectivity index (χ0) is 20.4. The summed E-state index contributed by atoms with van der Waals surface area (Å²) in [5.41, 5.74) is 0.439. The van der Waals surface area contributed by atoms with E-state index in [2.05, 4.69) is 5.32 Å². The van der Waals surface area contributed by atoms with Crippen LogP contribution in [0.5, 0.6) is 0 Å². The molecule has 27 heavy (non-hydrogen) atoms. The van der Waals surface area contributed by atoms with Crippen molar-refractivity contribution in [3.8, 4) is 0 Å². The van der Waals surface area contributed by atoms with Crippen molar-refractivity contribution in [2.24, 2.45) is 0 Å². The van der Waals surface area contributed by atoms with Crippen LogP contribution in [0.2, 0.25) is 10.0 Å². The Labute approximate surface area is 165 Å². The first-order chi connectivity index (χ1) is 12.5. The van der Waals surface area contributed by atoms with Gasteiger partial charge in [-0.1, -0.05) is 29.3 Å². The Morgan fingerprint density at radius 3 is 2.33 bits per heavy atom. The second kappa shape index (κ2) is 8.12. The van der Waals surface area contributed by atoms with Crippen molar-refractivity contribution in [1.29, 1.82) is 0 Å². The number of nitrogens with zero attached hydrogens (tertiary/aromatic N) is 2. The van der Waals surface area contributed by atoms with Crippen LogP contribution in [0.4, 0.5) is 17.1 Å². The third-order valence-corrected chi connectivity index (χ3v) is 5.18. The summed E-state index contributed by atoms with van der Waals surface area (Å²) in [7, 11) is -3.82. The molecule has 0 unspecified atom stereocenters. The normalized spacial score (nSPS) is 11.1. The lowest BCUT2D eigenvalue weighted by atomic mass is 10.1. The van der Waals surface area contributed by atoms with E-state index < -0.39 is 27.4 Å². The molecule has 0 aliphatic carbocycles. The Bertz CT molecular complexity index is 991. The van der Waals surface area contributed by atoms with Crippen LogP contribution in [0.25, 0.3) is 0 Å². The maximum atomic E-state index is 12.4. The van der Waals surface area contributed by atoms with Crippen molar-refractivity contribution in [2.75, 3.05) is 22.4 Å². The molecule has 2 rings (SSSR count). The fourth-order valence-electron chi connectivity index (χ4n) is 2.36. The summed E-state index contributed by atoms with van der Waals surface area (Å²) < 4.78 is 25.1. The van der Waals surface area contributed by atoms with Gasteiger partial charge in [-0.3, -0.25) is 19.2 Å². The summed E-state index contributed by atoms with van der Waals surface area (Å²) in [5, 5.41) is 13.9. The number of hydrogen-bond donors (Lipinski definition) is 1. The number of nitro benzene ring substituents is 1. The highest BCUT2D eigenvalue weighted by Crippen LogP contribution is 2.28. The molecule has 0 heterocycles. The highest BCUT2D eigenvalue weighted by molar-refractivity contribution is 7.92. The number of nitrogens with one attached hydrogen (secondary N) is 1. The molecule has 11 heteroatoms. The Balaban J connectivity index is 2.30. The van der Waals surface area contributed by atoms with Crippen LogP contribution < -0.4 is 9.62 Å². The van der Waals surface area contributed by atoms with Crippen LogP contribution in [0.15, 0.2) is 36.4 Å². The number of amides is 1. The van der Waals surface area contributed by atoms with Gasteiger partial charge in [-0.15, -0.1) is 0 Å². The monoisotopic (exact) mass is 431 g/mol. The van der Waals surface area contributed by atoms with Crippen LogP contribution in [-0.2, 0) is 14.8 Å². The van der Waals surface area contributed by atoms with Gasteiger partial charge in [-0.05, 0) is 31.2 Å². The minimum atomic E-state index is -3.82. The minimum absolute atomic E-state index is 0.126. The lowest BCUT2D eigenvalue weighted by Crippen LogP contribution is -2.37. The fourth-order valence-corrected chi connectivity index (χ4v) is 3.71. The predicted molar refractivity (Wildman–Crippen MR) is 105 cm³/mol. The average molecular weight is 432 g/mol. The van der Waals surface area contributed by atoms with Gasteiger partial charge in [0.15, 0.2) is 0 Å². The maximum Gasteiger partial charge on any atom is 0.274 e. The van der Waals surface area contributed by atoms with Crippen LogP contribution in [0.1, 0.15) is 5.56 Å². The van der Waals surface area contributed by atoms with Gasteiger partial charge in [0.25, 0.3) is 5.69 Å². The van der Waals surface area contributed by atoms with E-state index in [1.54, 1.807) is 0 Å². The molecule has 2 aromatic carbocycles. The molecule has 0 aromatic heterocycles. The highest BCUT2D eigenvalue weighted by Gasteiger charge is 2.23. The molecule has 0 aliphatic heterocycles. The van der Waals surface area contributed by atoms with Crippen molar-refractivity contribution in [2.45, 2.75) is 6.92 Å². The molecule has 0 spiro atoms. The van der Waals surface area contributed by atoms with Gasteiger partial charge in [-0.2, -0.15) is 0 Å². The first kappa shape index (κ1) is 20.9. The second-order valence-corrected chi connectivity index (χ2v) is 8.43. The van der Waals surface area contributed by atoms with Gasteiger partial charge >= 0.3 is 0 Å². The predicted octanol–water partition coefficient (Wildman–Crippen LogP) is 3.61. The van der Waals surface area contributed by atoms with Crippen LogP contribution >= 0.6 is 23.2 Å². The number of hydrogen-bond acceptors (Lipinski definition) is 5. The Morgan fingerprint density at radius 2 is 1.81 bits per heavy atom. The lowest BCUT2D eigenvalue weighted by molar-refractivity contribution is -0.385. The third kappa shape index (κ3) is 5.31. The van der Waals surface area contributed by atoms with E-state index in [-0.39, 0.29) is 32.7 Å². The van der Waals surface area contributed by atoms with Gasteiger partial charge < -0.3 is 5.32 Å². The molecule has 0 aliphatic rings. The summed E-state index contributed by atoms with van der Waals surface area (Å²) in [4.78, 5) is 22.8. The topological polar surface area (TPSA) is 110 Å². The average Bonchev–Trinajstić information content (AvgIpc) is 2.52. The number of benzene rings is 2. The molecule has 144 valence electrons. The number of halogens is 2. The van der Waals surface area contributed by atoms with Crippen molar-refractivity contribution >= 4 is 56.2 Å². The van der Waals surface area contributed by atoms with Crippen molar-refractivity contribution in [3.05, 3.63) is 62.1 Å². The minimum Gasteiger partial charge on any atom is -0.324 e. The van der Waals surface area contributed by atoms with E-state index in [1.165, 1.54) is 43.3 Å². The summed E-state index contributed by atoms with van der Waals surface area (Å²) >= 11 is 11.8. The third-order valence-electron chi connectivity index (χ3n) is 3.60. The Kier molecular flexibility index (Phi) is 6.30. The lowest BCUT2D eigenvalue weighted by Gasteiger charge is -2.22. The van der Waals surface area contributed by atoms with Crippen LogP contribution in [0, 0.1) is 17.0 Å². The molecule has 0 atom stereocenters. The van der Waals surface area contributed by atoms with Gasteiger partial charge in [0.2, 0.25) is 15.9 Å². The Morgan fingerprint density at radius 1 is 1.22 bits per heavy atom. The van der Waals surface area contributed by atoms with E-state index in [9.17, 15) is 23.3 Å². The summed E-state index contributed by atoms with van der Waals surface area (Å²) in [6, 6.07) is 8.37. The van der Waals surface area contributed by atoms with E-state index in [0.717, 1.165) is 10.6 Å². The summed E-state index contributed by atoms with van der Waals surface area (Å²) in [6.07, 6.45) is 0.938. The second-order valence-electron chi connectivity index (χ2n) is 5.65. The van der Waals surface area contributed by atoms with E-state index in [1.807, 2.05) is 0 Å². The van der Waals surface area contributed by atoms with Crippen molar-refractivity contribution < 1.29 is 18.1 Å². The van der Waals surface area contributed by atoms with Crippen LogP contribution in [0.3, 0.4) is 0 Å². The highest BCUT2D eigenvalue weighted by atomic mass is 35.5. The quantitative estimate of drug-likeness (QED) is 0.554. The van der Waals surface area contributed by atoms with E-state index in [4.69, 9.17) is 23.2 Å². The zero-order valence-corrected chi connectivity index (χ0v) is 16.6. The summed E-state index contributed by atoms with van der Waals surface area (Å²) in [5.74, 6) is -0.680. The van der Waals surface area contributed by atoms with E-state index in [0.29, 0.717) is 0 Å². The largest absolute Gasteiger partial charge is 0.324 e. The molecular weight excluding hydrogens is 417 g/mol. The standard InChI is InChI=1S/C16H15Cl2N3O5S/c1-10-14(4-3-5-15(10)21(23)24)19-16(22)9-20(27(2,25)26)13-7-11(17)6-12(18)8-13/h3-8H,9H2,1-2H3,(H,19,22). The first-order valence-corrected chi connectivity index (χ1v) is 10.1. The molecule has 1 amide bonds. The number of carbonyl (C=O) groups is 1.